The Morgan fingerprint density at radius 2 is 0.786 bits per heavy atom. The van der Waals surface area contributed by atoms with Crippen LogP contribution in [0.25, 0.3) is 0 Å². The number of carbonyl (C=O) groups is 4. The van der Waals surface area contributed by atoms with Gasteiger partial charge in [0.15, 0.2) is 0 Å². The minimum absolute atomic E-state index is 0. The summed E-state index contributed by atoms with van der Waals surface area (Å²) in [5, 5.41) is 32.8. The SMILES string of the molecule is O=C(O)C(C(=O)O)(C(=O)O)C(=O)O.[CsH]. The third kappa shape index (κ3) is 2.49. The Hall–Kier alpha value is -0.0681. The first-order valence-corrected chi connectivity index (χ1v) is 2.71. The van der Waals surface area contributed by atoms with Crippen LogP contribution in [-0.2, 0) is 19.2 Å². The molecule has 0 aromatic heterocycles. The van der Waals surface area contributed by atoms with Crippen LogP contribution in [0.2, 0.25) is 0 Å². The van der Waals surface area contributed by atoms with Gasteiger partial charge in [-0.15, -0.1) is 0 Å². The molecule has 4 N–H and O–H groups in total. The zero-order chi connectivity index (χ0) is 10.8. The first kappa shape index (κ1) is 16.4. The van der Waals surface area contributed by atoms with Crippen LogP contribution in [-0.4, -0.2) is 113 Å². The number of hydrogen-bond donors (Lipinski definition) is 4. The summed E-state index contributed by atoms with van der Waals surface area (Å²) in [6, 6.07) is 0. The van der Waals surface area contributed by atoms with Gasteiger partial charge >= 0.3 is 98.2 Å². The second kappa shape index (κ2) is 5.73. The zero-order valence-electron chi connectivity index (χ0n) is 5.92. The molecule has 74 valence electrons. The monoisotopic (exact) mass is 326 g/mol. The Morgan fingerprint density at radius 3 is 0.786 bits per heavy atom. The second-order valence-corrected chi connectivity index (χ2v) is 1.97. The average molecular weight is 326 g/mol. The van der Waals surface area contributed by atoms with Crippen LogP contribution in [0.4, 0.5) is 0 Å². The normalized spacial score (nSPS) is 9.71. The van der Waals surface area contributed by atoms with Crippen molar-refractivity contribution in [3.8, 4) is 0 Å². The summed E-state index contributed by atoms with van der Waals surface area (Å²) in [5.41, 5.74) is -3.83. The van der Waals surface area contributed by atoms with Crippen LogP contribution in [0.3, 0.4) is 0 Å². The zero-order valence-corrected chi connectivity index (χ0v) is 5.92. The molecule has 14 heavy (non-hydrogen) atoms. The number of carboxylic acids is 4. The van der Waals surface area contributed by atoms with Crippen LogP contribution in [0.15, 0.2) is 0 Å². The van der Waals surface area contributed by atoms with E-state index in [9.17, 15) is 19.2 Å². The van der Waals surface area contributed by atoms with Gasteiger partial charge in [-0.1, -0.05) is 0 Å². The number of carboxylic acid groups (broad SMARTS) is 4. The van der Waals surface area contributed by atoms with Gasteiger partial charge in [-0.05, 0) is 0 Å². The quantitative estimate of drug-likeness (QED) is 0.420. The molecule has 0 saturated carbocycles. The Bertz CT molecular complexity index is 233. The summed E-state index contributed by atoms with van der Waals surface area (Å²) >= 11 is 0. The molecule has 0 atom stereocenters. The van der Waals surface area contributed by atoms with E-state index in [0.29, 0.717) is 0 Å². The molecule has 0 spiro atoms. The summed E-state index contributed by atoms with van der Waals surface area (Å²) in [6.07, 6.45) is 0. The maximum absolute atomic E-state index is 10.2. The number of rotatable bonds is 4. The van der Waals surface area contributed by atoms with Crippen molar-refractivity contribution in [2.24, 2.45) is 5.41 Å². The summed E-state index contributed by atoms with van der Waals surface area (Å²) < 4.78 is 0. The molecular weight excluding hydrogens is 321 g/mol. The average Bonchev–Trinajstić information content (AvgIpc) is 1.82. The van der Waals surface area contributed by atoms with Gasteiger partial charge in [-0.25, -0.2) is 19.2 Å². The van der Waals surface area contributed by atoms with Crippen molar-refractivity contribution < 1.29 is 39.6 Å². The Labute approximate surface area is 135 Å². The van der Waals surface area contributed by atoms with Crippen molar-refractivity contribution in [2.75, 3.05) is 0 Å². The summed E-state index contributed by atoms with van der Waals surface area (Å²) in [7, 11) is 0. The maximum atomic E-state index is 10.2. The molecule has 0 aliphatic carbocycles. The van der Waals surface area contributed by atoms with Gasteiger partial charge in [-0.2, -0.15) is 0 Å². The standard InChI is InChI=1S/C5H4O8.Cs.H/c6-1(7)5(2(8)9,3(10)11)4(12)13;;/h(H,6,7)(H,8,9)(H,10,11)(H,12,13);;. The molecule has 0 bridgehead atoms. The van der Waals surface area contributed by atoms with E-state index < -0.39 is 29.3 Å². The fourth-order valence-electron chi connectivity index (χ4n) is 0.549. The Balaban J connectivity index is 0. The first-order valence-electron chi connectivity index (χ1n) is 2.71. The molecule has 8 nitrogen and oxygen atoms in total. The summed E-state index contributed by atoms with van der Waals surface area (Å²) in [6.45, 7) is 0. The fourth-order valence-corrected chi connectivity index (χ4v) is 0.549. The molecule has 0 heterocycles. The van der Waals surface area contributed by atoms with E-state index in [-0.39, 0.29) is 68.9 Å². The van der Waals surface area contributed by atoms with E-state index in [1.54, 1.807) is 0 Å². The molecule has 0 amide bonds. The topological polar surface area (TPSA) is 149 Å². The van der Waals surface area contributed by atoms with Crippen LogP contribution in [0, 0.1) is 5.41 Å². The van der Waals surface area contributed by atoms with Crippen molar-refractivity contribution in [3.63, 3.8) is 0 Å². The fraction of sp³-hybridized carbons (Fsp3) is 0.200. The molecular formula is C5H5CsO8. The number of hydrogen-bond acceptors (Lipinski definition) is 4. The molecule has 0 rings (SSSR count). The van der Waals surface area contributed by atoms with Crippen molar-refractivity contribution in [1.82, 2.24) is 0 Å². The van der Waals surface area contributed by atoms with Crippen LogP contribution in [0.5, 0.6) is 0 Å². The van der Waals surface area contributed by atoms with Gasteiger partial charge < -0.3 is 20.4 Å². The molecule has 0 aromatic carbocycles. The van der Waals surface area contributed by atoms with E-state index >= 15 is 0 Å². The van der Waals surface area contributed by atoms with E-state index in [0.717, 1.165) is 0 Å². The Morgan fingerprint density at radius 1 is 0.643 bits per heavy atom. The minimum atomic E-state index is -3.83. The van der Waals surface area contributed by atoms with E-state index in [2.05, 4.69) is 0 Å². The molecule has 0 radical (unpaired) electrons. The van der Waals surface area contributed by atoms with E-state index in [1.807, 2.05) is 0 Å². The number of aliphatic carboxylic acids is 4. The first-order chi connectivity index (χ1) is 5.77. The van der Waals surface area contributed by atoms with Gasteiger partial charge in [0.2, 0.25) is 0 Å². The molecule has 0 unspecified atom stereocenters. The van der Waals surface area contributed by atoms with Crippen LogP contribution < -0.4 is 0 Å². The molecule has 9 heteroatoms. The van der Waals surface area contributed by atoms with Crippen LogP contribution >= 0.6 is 0 Å². The van der Waals surface area contributed by atoms with Gasteiger partial charge in [-0.3, -0.25) is 0 Å². The summed E-state index contributed by atoms with van der Waals surface area (Å²) in [5.74, 6) is -9.83. The molecule has 0 aliphatic heterocycles. The molecule has 0 fully saturated rings. The van der Waals surface area contributed by atoms with Crippen LogP contribution in [0.1, 0.15) is 0 Å². The van der Waals surface area contributed by atoms with Crippen molar-refractivity contribution in [1.29, 1.82) is 0 Å². The molecule has 0 aromatic rings. The third-order valence-electron chi connectivity index (χ3n) is 1.28. The van der Waals surface area contributed by atoms with Crippen molar-refractivity contribution in [3.05, 3.63) is 0 Å². The van der Waals surface area contributed by atoms with Gasteiger partial charge in [0.1, 0.15) is 0 Å². The third-order valence-corrected chi connectivity index (χ3v) is 1.28. The van der Waals surface area contributed by atoms with Crippen molar-refractivity contribution in [2.45, 2.75) is 0 Å². The van der Waals surface area contributed by atoms with E-state index in [1.165, 1.54) is 0 Å². The van der Waals surface area contributed by atoms with E-state index in [4.69, 9.17) is 20.4 Å². The summed E-state index contributed by atoms with van der Waals surface area (Å²) in [4.78, 5) is 40.8. The van der Waals surface area contributed by atoms with Gasteiger partial charge in [0.05, 0.1) is 0 Å². The predicted molar refractivity (Wildman–Crippen MR) is 40.1 cm³/mol. The molecule has 0 saturated heterocycles. The van der Waals surface area contributed by atoms with Gasteiger partial charge in [0.25, 0.3) is 0 Å². The van der Waals surface area contributed by atoms with Gasteiger partial charge in [0, 0.05) is 0 Å². The second-order valence-electron chi connectivity index (χ2n) is 1.97. The predicted octanol–water partition coefficient (Wildman–Crippen LogP) is -2.34. The Kier molecular flexibility index (Phi) is 6.69. The van der Waals surface area contributed by atoms with Crippen molar-refractivity contribution >= 4 is 92.8 Å². The molecule has 0 aliphatic rings.